The molecule has 0 aliphatic carbocycles. The fourth-order valence-electron chi connectivity index (χ4n) is 1.58. The molecule has 17 heavy (non-hydrogen) atoms. The van der Waals surface area contributed by atoms with E-state index in [0.717, 1.165) is 6.07 Å². The van der Waals surface area contributed by atoms with E-state index in [4.69, 9.17) is 10.5 Å². The Morgan fingerprint density at radius 1 is 1.29 bits per heavy atom. The van der Waals surface area contributed by atoms with Crippen molar-refractivity contribution in [3.05, 3.63) is 29.3 Å². The van der Waals surface area contributed by atoms with Gasteiger partial charge in [0.15, 0.2) is 0 Å². The van der Waals surface area contributed by atoms with Crippen LogP contribution in [0.1, 0.15) is 11.1 Å². The number of ether oxygens (including phenoxy) is 1. The highest BCUT2D eigenvalue weighted by Crippen LogP contribution is 2.43. The Morgan fingerprint density at radius 3 is 2.53 bits per heavy atom. The lowest BCUT2D eigenvalue weighted by Gasteiger charge is -2.31. The standard InChI is InChI=1S/C10H8F5NO/c11-9(12)6-3-5(10(13,14)15)1-2-7(6)17-4-8(9)16/h1-3,8H,4,16H2. The van der Waals surface area contributed by atoms with Crippen molar-refractivity contribution in [2.45, 2.75) is 18.1 Å². The van der Waals surface area contributed by atoms with Crippen LogP contribution in [0.3, 0.4) is 0 Å². The minimum Gasteiger partial charge on any atom is -0.491 e. The van der Waals surface area contributed by atoms with Gasteiger partial charge in [-0.25, -0.2) is 0 Å². The molecule has 2 N–H and O–H groups in total. The number of hydrogen-bond donors (Lipinski definition) is 1. The van der Waals surface area contributed by atoms with Crippen LogP contribution in [0, 0.1) is 0 Å². The topological polar surface area (TPSA) is 35.2 Å². The minimum absolute atomic E-state index is 0.260. The molecule has 94 valence electrons. The van der Waals surface area contributed by atoms with Gasteiger partial charge in [0.05, 0.1) is 11.1 Å². The number of fused-ring (bicyclic) bond motifs is 1. The van der Waals surface area contributed by atoms with Crippen molar-refractivity contribution in [2.24, 2.45) is 5.73 Å². The first-order valence-corrected chi connectivity index (χ1v) is 4.71. The molecule has 1 atom stereocenters. The Balaban J connectivity index is 2.54. The van der Waals surface area contributed by atoms with E-state index in [1.165, 1.54) is 0 Å². The van der Waals surface area contributed by atoms with Crippen LogP contribution in [0.4, 0.5) is 22.0 Å². The van der Waals surface area contributed by atoms with Crippen LogP contribution >= 0.6 is 0 Å². The highest BCUT2D eigenvalue weighted by atomic mass is 19.4. The van der Waals surface area contributed by atoms with Gasteiger partial charge in [0.1, 0.15) is 18.4 Å². The van der Waals surface area contributed by atoms with Crippen LogP contribution in [-0.2, 0) is 12.1 Å². The summed E-state index contributed by atoms with van der Waals surface area (Å²) < 4.78 is 69.2. The molecule has 7 heteroatoms. The summed E-state index contributed by atoms with van der Waals surface area (Å²) in [5.74, 6) is -3.78. The molecular weight excluding hydrogens is 245 g/mol. The van der Waals surface area contributed by atoms with E-state index < -0.39 is 35.9 Å². The SMILES string of the molecule is NC1COc2ccc(C(F)(F)F)cc2C1(F)F. The molecule has 1 aliphatic heterocycles. The van der Waals surface area contributed by atoms with Crippen molar-refractivity contribution in [2.75, 3.05) is 6.61 Å². The summed E-state index contributed by atoms with van der Waals surface area (Å²) in [6.07, 6.45) is -4.67. The number of halogens is 5. The predicted molar refractivity (Wildman–Crippen MR) is 48.8 cm³/mol. The van der Waals surface area contributed by atoms with Crippen LogP contribution in [0.2, 0.25) is 0 Å². The highest BCUT2D eigenvalue weighted by molar-refractivity contribution is 5.43. The van der Waals surface area contributed by atoms with Gasteiger partial charge in [0, 0.05) is 0 Å². The summed E-state index contributed by atoms with van der Waals surface area (Å²) in [5.41, 5.74) is 3.17. The lowest BCUT2D eigenvalue weighted by atomic mass is 9.96. The Morgan fingerprint density at radius 2 is 1.94 bits per heavy atom. The van der Waals surface area contributed by atoms with Crippen molar-refractivity contribution in [1.29, 1.82) is 0 Å². The molecule has 1 aromatic rings. The minimum atomic E-state index is -4.67. The van der Waals surface area contributed by atoms with E-state index >= 15 is 0 Å². The molecule has 0 fully saturated rings. The normalized spacial score (nSPS) is 22.8. The summed E-state index contributed by atoms with van der Waals surface area (Å²) in [5, 5.41) is 0. The van der Waals surface area contributed by atoms with E-state index in [0.29, 0.717) is 12.1 Å². The fraction of sp³-hybridized carbons (Fsp3) is 0.400. The van der Waals surface area contributed by atoms with Crippen molar-refractivity contribution >= 4 is 0 Å². The van der Waals surface area contributed by atoms with Crippen molar-refractivity contribution in [3.8, 4) is 5.75 Å². The average Bonchev–Trinajstić information content (AvgIpc) is 2.22. The Kier molecular flexibility index (Phi) is 2.53. The van der Waals surface area contributed by atoms with Crippen LogP contribution in [-0.4, -0.2) is 12.6 Å². The second kappa shape index (κ2) is 3.56. The number of alkyl halides is 5. The fourth-order valence-corrected chi connectivity index (χ4v) is 1.58. The van der Waals surface area contributed by atoms with Crippen LogP contribution in [0.25, 0.3) is 0 Å². The molecule has 0 saturated heterocycles. The summed E-state index contributed by atoms with van der Waals surface area (Å²) in [6, 6.07) is 0.330. The van der Waals surface area contributed by atoms with E-state index in [-0.39, 0.29) is 5.75 Å². The van der Waals surface area contributed by atoms with Gasteiger partial charge in [-0.15, -0.1) is 0 Å². The number of benzene rings is 1. The Hall–Kier alpha value is -1.37. The molecule has 0 radical (unpaired) electrons. The van der Waals surface area contributed by atoms with Gasteiger partial charge >= 0.3 is 6.18 Å². The largest absolute Gasteiger partial charge is 0.491 e. The monoisotopic (exact) mass is 253 g/mol. The molecule has 1 aliphatic rings. The van der Waals surface area contributed by atoms with Crippen LogP contribution in [0.15, 0.2) is 18.2 Å². The number of nitrogens with two attached hydrogens (primary N) is 1. The summed E-state index contributed by atoms with van der Waals surface area (Å²) >= 11 is 0. The van der Waals surface area contributed by atoms with Crippen molar-refractivity contribution in [3.63, 3.8) is 0 Å². The van der Waals surface area contributed by atoms with Gasteiger partial charge in [-0.3, -0.25) is 0 Å². The zero-order valence-electron chi connectivity index (χ0n) is 8.39. The van der Waals surface area contributed by atoms with Gasteiger partial charge in [0.2, 0.25) is 0 Å². The molecule has 0 bridgehead atoms. The van der Waals surface area contributed by atoms with Crippen LogP contribution in [0.5, 0.6) is 5.75 Å². The molecular formula is C10H8F5NO. The summed E-state index contributed by atoms with van der Waals surface area (Å²) in [7, 11) is 0. The molecule has 1 unspecified atom stereocenters. The zero-order chi connectivity index (χ0) is 12.8. The first-order valence-electron chi connectivity index (χ1n) is 4.71. The van der Waals surface area contributed by atoms with Gasteiger partial charge < -0.3 is 10.5 Å². The smallest absolute Gasteiger partial charge is 0.416 e. The van der Waals surface area contributed by atoms with Gasteiger partial charge in [-0.1, -0.05) is 0 Å². The predicted octanol–water partition coefficient (Wildman–Crippen LogP) is 2.52. The maximum atomic E-state index is 13.6. The maximum absolute atomic E-state index is 13.6. The maximum Gasteiger partial charge on any atom is 0.416 e. The van der Waals surface area contributed by atoms with Gasteiger partial charge in [-0.05, 0) is 18.2 Å². The van der Waals surface area contributed by atoms with E-state index in [2.05, 4.69) is 0 Å². The van der Waals surface area contributed by atoms with E-state index in [9.17, 15) is 22.0 Å². The first kappa shape index (κ1) is 12.1. The third-order valence-electron chi connectivity index (χ3n) is 2.55. The quantitative estimate of drug-likeness (QED) is 0.721. The average molecular weight is 253 g/mol. The third kappa shape index (κ3) is 1.95. The molecule has 0 aromatic heterocycles. The molecule has 2 nitrogen and oxygen atoms in total. The molecule has 2 rings (SSSR count). The number of rotatable bonds is 0. The molecule has 1 heterocycles. The van der Waals surface area contributed by atoms with E-state index in [1.807, 2.05) is 0 Å². The Bertz CT molecular complexity index is 443. The van der Waals surface area contributed by atoms with Crippen LogP contribution < -0.4 is 10.5 Å². The van der Waals surface area contributed by atoms with Crippen molar-refractivity contribution in [1.82, 2.24) is 0 Å². The molecule has 1 aromatic carbocycles. The van der Waals surface area contributed by atoms with Crippen molar-refractivity contribution < 1.29 is 26.7 Å². The second-order valence-electron chi connectivity index (χ2n) is 3.75. The molecule has 0 amide bonds. The summed E-state index contributed by atoms with van der Waals surface area (Å²) in [6.45, 7) is -0.425. The second-order valence-corrected chi connectivity index (χ2v) is 3.75. The molecule has 0 spiro atoms. The lowest BCUT2D eigenvalue weighted by Crippen LogP contribution is -2.46. The molecule has 0 saturated carbocycles. The zero-order valence-corrected chi connectivity index (χ0v) is 8.39. The van der Waals surface area contributed by atoms with Gasteiger partial charge in [0.25, 0.3) is 5.92 Å². The third-order valence-corrected chi connectivity index (χ3v) is 2.55. The van der Waals surface area contributed by atoms with E-state index in [1.54, 1.807) is 0 Å². The lowest BCUT2D eigenvalue weighted by molar-refractivity contribution is -0.138. The highest BCUT2D eigenvalue weighted by Gasteiger charge is 2.46. The Labute approximate surface area is 93.2 Å². The summed E-state index contributed by atoms with van der Waals surface area (Å²) in [4.78, 5) is 0. The first-order chi connectivity index (χ1) is 7.73. The van der Waals surface area contributed by atoms with Gasteiger partial charge in [-0.2, -0.15) is 22.0 Å². The number of hydrogen-bond acceptors (Lipinski definition) is 2.